The van der Waals surface area contributed by atoms with Crippen molar-refractivity contribution >= 4 is 0 Å². The third-order valence-electron chi connectivity index (χ3n) is 5.96. The van der Waals surface area contributed by atoms with Gasteiger partial charge in [0, 0.05) is 6.20 Å². The number of hydrogen-bond acceptors (Lipinski definition) is 2. The maximum atomic E-state index is 9.30. The summed E-state index contributed by atoms with van der Waals surface area (Å²) in [5.74, 6) is 0. The number of hydrogen-bond donors (Lipinski definition) is 0. The molecule has 0 spiro atoms. The number of benzene rings is 3. The van der Waals surface area contributed by atoms with Crippen LogP contribution in [0.4, 0.5) is 0 Å². The maximum absolute atomic E-state index is 9.30. The van der Waals surface area contributed by atoms with Crippen LogP contribution < -0.4 is 0 Å². The molecule has 4 rings (SSSR count). The largest absolute Gasteiger partial charge is 0.245 e. The summed E-state index contributed by atoms with van der Waals surface area (Å²) in [6, 6.07) is 31.7. The molecule has 0 fully saturated rings. The summed E-state index contributed by atoms with van der Waals surface area (Å²) in [6.07, 6.45) is 1.86. The fourth-order valence-corrected chi connectivity index (χ4v) is 4.56. The van der Waals surface area contributed by atoms with Crippen LogP contribution in [0, 0.1) is 32.1 Å². The van der Waals surface area contributed by atoms with Crippen LogP contribution in [0.5, 0.6) is 0 Å². The topological polar surface area (TPSA) is 36.7 Å². The van der Waals surface area contributed by atoms with Crippen LogP contribution in [0.2, 0.25) is 0 Å². The molecular weight excluding hydrogens is 364 g/mol. The summed E-state index contributed by atoms with van der Waals surface area (Å²) in [6.45, 7) is 6.49. The highest BCUT2D eigenvalue weighted by atomic mass is 14.7. The highest BCUT2D eigenvalue weighted by Gasteiger charge is 2.41. The SMILES string of the molecule is Cc1ccccc1C(c1ccc(C#N)nc1)(c1ccccc1C)c1ccccc1C. The van der Waals surface area contributed by atoms with Crippen molar-refractivity contribution in [2.24, 2.45) is 0 Å². The minimum atomic E-state index is -0.539. The average molecular weight is 389 g/mol. The normalized spacial score (nSPS) is 11.1. The minimum Gasteiger partial charge on any atom is -0.245 e. The summed E-state index contributed by atoms with van der Waals surface area (Å²) in [4.78, 5) is 4.47. The lowest BCUT2D eigenvalue weighted by molar-refractivity contribution is 0.721. The van der Waals surface area contributed by atoms with E-state index in [2.05, 4.69) is 111 Å². The van der Waals surface area contributed by atoms with Crippen molar-refractivity contribution in [1.82, 2.24) is 4.98 Å². The molecule has 0 unspecified atom stereocenters. The second-order valence-corrected chi connectivity index (χ2v) is 7.74. The fraction of sp³-hybridized carbons (Fsp3) is 0.143. The van der Waals surface area contributed by atoms with Crippen molar-refractivity contribution in [3.05, 3.63) is 136 Å². The number of nitrogens with zero attached hydrogens (tertiary/aromatic N) is 2. The zero-order valence-corrected chi connectivity index (χ0v) is 17.6. The van der Waals surface area contributed by atoms with Crippen LogP contribution in [0.15, 0.2) is 91.1 Å². The number of pyridine rings is 1. The van der Waals surface area contributed by atoms with Crippen LogP contribution in [0.1, 0.15) is 44.6 Å². The van der Waals surface area contributed by atoms with Gasteiger partial charge in [-0.15, -0.1) is 0 Å². The minimum absolute atomic E-state index is 0.423. The van der Waals surface area contributed by atoms with Gasteiger partial charge in [-0.1, -0.05) is 78.9 Å². The van der Waals surface area contributed by atoms with Gasteiger partial charge in [0.2, 0.25) is 0 Å². The number of rotatable bonds is 4. The van der Waals surface area contributed by atoms with E-state index in [1.165, 1.54) is 33.4 Å². The molecule has 4 aromatic rings. The van der Waals surface area contributed by atoms with Gasteiger partial charge in [-0.2, -0.15) is 5.26 Å². The Labute approximate surface area is 178 Å². The predicted molar refractivity (Wildman–Crippen MR) is 121 cm³/mol. The summed E-state index contributed by atoms with van der Waals surface area (Å²) >= 11 is 0. The molecule has 0 aliphatic rings. The lowest BCUT2D eigenvalue weighted by Crippen LogP contribution is -2.33. The van der Waals surface area contributed by atoms with Crippen molar-refractivity contribution < 1.29 is 0 Å². The molecule has 0 amide bonds. The van der Waals surface area contributed by atoms with Crippen LogP contribution in [-0.4, -0.2) is 4.98 Å². The Hall–Kier alpha value is -3.70. The Kier molecular flexibility index (Phi) is 5.21. The molecule has 0 aliphatic carbocycles. The van der Waals surface area contributed by atoms with E-state index in [0.29, 0.717) is 5.69 Å². The first kappa shape index (κ1) is 19.6. The predicted octanol–water partition coefficient (Wildman–Crippen LogP) is 6.26. The van der Waals surface area contributed by atoms with Crippen molar-refractivity contribution in [2.75, 3.05) is 0 Å². The molecule has 2 nitrogen and oxygen atoms in total. The molecule has 0 N–H and O–H groups in total. The lowest BCUT2D eigenvalue weighted by Gasteiger charge is -2.39. The summed E-state index contributed by atoms with van der Waals surface area (Å²) in [5.41, 5.74) is 8.25. The van der Waals surface area contributed by atoms with Crippen LogP contribution in [0.3, 0.4) is 0 Å². The quantitative estimate of drug-likeness (QED) is 0.387. The Bertz CT molecular complexity index is 1120. The van der Waals surface area contributed by atoms with Crippen LogP contribution in [-0.2, 0) is 5.41 Å². The fourth-order valence-electron chi connectivity index (χ4n) is 4.56. The molecule has 30 heavy (non-hydrogen) atoms. The first-order valence-corrected chi connectivity index (χ1v) is 10.1. The third-order valence-corrected chi connectivity index (χ3v) is 5.96. The van der Waals surface area contributed by atoms with E-state index in [9.17, 15) is 5.26 Å². The average Bonchev–Trinajstić information content (AvgIpc) is 2.78. The van der Waals surface area contributed by atoms with Gasteiger partial charge in [0.15, 0.2) is 0 Å². The smallest absolute Gasteiger partial charge is 0.140 e. The summed E-state index contributed by atoms with van der Waals surface area (Å²) in [7, 11) is 0. The van der Waals surface area contributed by atoms with Gasteiger partial charge in [-0.3, -0.25) is 0 Å². The van der Waals surface area contributed by atoms with Crippen molar-refractivity contribution in [3.63, 3.8) is 0 Å². The van der Waals surface area contributed by atoms with E-state index >= 15 is 0 Å². The van der Waals surface area contributed by atoms with Gasteiger partial charge in [0.05, 0.1) is 5.41 Å². The Morgan fingerprint density at radius 3 is 1.40 bits per heavy atom. The molecule has 0 bridgehead atoms. The zero-order valence-electron chi connectivity index (χ0n) is 17.6. The molecule has 2 heteroatoms. The molecule has 0 atom stereocenters. The van der Waals surface area contributed by atoms with Crippen LogP contribution in [0.25, 0.3) is 0 Å². The lowest BCUT2D eigenvalue weighted by atomic mass is 9.62. The van der Waals surface area contributed by atoms with E-state index in [1.807, 2.05) is 12.3 Å². The Morgan fingerprint density at radius 2 is 1.07 bits per heavy atom. The number of nitriles is 1. The Morgan fingerprint density at radius 1 is 0.633 bits per heavy atom. The van der Waals surface area contributed by atoms with Gasteiger partial charge in [-0.25, -0.2) is 4.98 Å². The Balaban J connectivity index is 2.22. The first-order chi connectivity index (χ1) is 14.6. The second-order valence-electron chi connectivity index (χ2n) is 7.74. The second kappa shape index (κ2) is 7.97. The maximum Gasteiger partial charge on any atom is 0.140 e. The third kappa shape index (κ3) is 3.09. The van der Waals surface area contributed by atoms with Crippen molar-refractivity contribution in [2.45, 2.75) is 26.2 Å². The molecule has 3 aromatic carbocycles. The number of aromatic nitrogens is 1. The monoisotopic (exact) mass is 388 g/mol. The molecule has 0 saturated heterocycles. The van der Waals surface area contributed by atoms with Crippen molar-refractivity contribution in [1.29, 1.82) is 5.26 Å². The molecule has 0 aliphatic heterocycles. The van der Waals surface area contributed by atoms with Gasteiger partial charge in [0.1, 0.15) is 11.8 Å². The molecular formula is C28H24N2. The standard InChI is InChI=1S/C28H24N2/c1-20-10-4-7-13-25(20)28(26-14-8-5-11-21(26)2,27-15-9-6-12-22(27)3)23-16-17-24(18-29)30-19-23/h4-17,19H,1-3H3. The van der Waals surface area contributed by atoms with Gasteiger partial charge in [-0.05, 0) is 65.8 Å². The van der Waals surface area contributed by atoms with Crippen molar-refractivity contribution in [3.8, 4) is 6.07 Å². The molecule has 1 heterocycles. The summed E-state index contributed by atoms with van der Waals surface area (Å²) in [5, 5.41) is 9.30. The molecule has 1 aromatic heterocycles. The molecule has 0 radical (unpaired) electrons. The molecule has 146 valence electrons. The highest BCUT2D eigenvalue weighted by molar-refractivity contribution is 5.64. The molecule has 0 saturated carbocycles. The number of aryl methyl sites for hydroxylation is 3. The van der Waals surface area contributed by atoms with Gasteiger partial charge >= 0.3 is 0 Å². The van der Waals surface area contributed by atoms with E-state index < -0.39 is 5.41 Å². The first-order valence-electron chi connectivity index (χ1n) is 10.1. The van der Waals surface area contributed by atoms with E-state index in [-0.39, 0.29) is 0 Å². The van der Waals surface area contributed by atoms with E-state index in [4.69, 9.17) is 0 Å². The van der Waals surface area contributed by atoms with Gasteiger partial charge in [0.25, 0.3) is 0 Å². The van der Waals surface area contributed by atoms with E-state index in [0.717, 1.165) is 5.56 Å². The highest BCUT2D eigenvalue weighted by Crippen LogP contribution is 2.48. The zero-order chi connectivity index (χ0) is 21.1. The van der Waals surface area contributed by atoms with Gasteiger partial charge < -0.3 is 0 Å². The van der Waals surface area contributed by atoms with Crippen LogP contribution >= 0.6 is 0 Å². The van der Waals surface area contributed by atoms with E-state index in [1.54, 1.807) is 0 Å². The summed E-state index contributed by atoms with van der Waals surface area (Å²) < 4.78 is 0.